The van der Waals surface area contributed by atoms with Gasteiger partial charge in [-0.05, 0) is 35.9 Å². The van der Waals surface area contributed by atoms with Crippen LogP contribution in [0.25, 0.3) is 0 Å². The second-order valence-corrected chi connectivity index (χ2v) is 7.00. The predicted octanol–water partition coefficient (Wildman–Crippen LogP) is 0.716. The molecule has 9 heteroatoms. The topological polar surface area (TPSA) is 108 Å². The van der Waals surface area contributed by atoms with Gasteiger partial charge < -0.3 is 25.4 Å². The number of fused-ring (bicyclic) bond motifs is 1. The zero-order valence-corrected chi connectivity index (χ0v) is 17.4. The van der Waals surface area contributed by atoms with E-state index in [0.717, 1.165) is 0 Å². The number of halogens is 1. The van der Waals surface area contributed by atoms with Gasteiger partial charge in [0.05, 0.1) is 12.3 Å². The number of benzene rings is 2. The molecule has 3 amide bonds. The number of ether oxygens (including phenoxy) is 1. The largest absolute Gasteiger partial charge is 0.489 e. The molecule has 0 saturated carbocycles. The predicted molar refractivity (Wildman–Crippen MR) is 114 cm³/mol. The van der Waals surface area contributed by atoms with Crippen LogP contribution >= 0.6 is 0 Å². The third-order valence-corrected chi connectivity index (χ3v) is 4.70. The van der Waals surface area contributed by atoms with Gasteiger partial charge in [-0.1, -0.05) is 24.0 Å². The number of carbonyl (C=O) groups excluding carboxylic acids is 3. The minimum Gasteiger partial charge on any atom is -0.489 e. The van der Waals surface area contributed by atoms with E-state index < -0.39 is 29.6 Å². The van der Waals surface area contributed by atoms with Crippen LogP contribution in [-0.2, 0) is 20.9 Å². The maximum Gasteiger partial charge on any atom is 0.310 e. The number of rotatable bonds is 4. The fourth-order valence-electron chi connectivity index (χ4n) is 2.99. The summed E-state index contributed by atoms with van der Waals surface area (Å²) in [6.07, 6.45) is 0.333. The van der Waals surface area contributed by atoms with Crippen molar-refractivity contribution in [3.63, 3.8) is 0 Å². The molecule has 0 aliphatic carbocycles. The lowest BCUT2D eigenvalue weighted by Crippen LogP contribution is -2.52. The Labute approximate surface area is 184 Å². The van der Waals surface area contributed by atoms with Crippen molar-refractivity contribution in [3.05, 3.63) is 59.4 Å². The Balaban J connectivity index is 1.63. The molecule has 0 bridgehead atoms. The van der Waals surface area contributed by atoms with Crippen molar-refractivity contribution in [3.8, 4) is 17.6 Å². The van der Waals surface area contributed by atoms with Crippen molar-refractivity contribution >= 4 is 23.4 Å². The van der Waals surface area contributed by atoms with Gasteiger partial charge in [-0.3, -0.25) is 14.4 Å². The summed E-state index contributed by atoms with van der Waals surface area (Å²) in [5, 5.41) is 13.7. The average molecular weight is 439 g/mol. The summed E-state index contributed by atoms with van der Waals surface area (Å²) in [7, 11) is 1.54. The number of hydrogen-bond acceptors (Lipinski definition) is 5. The molecule has 166 valence electrons. The number of aliphatic hydroxyl groups is 1. The van der Waals surface area contributed by atoms with Crippen molar-refractivity contribution < 1.29 is 28.6 Å². The number of amides is 3. The van der Waals surface area contributed by atoms with Crippen molar-refractivity contribution in [2.75, 3.05) is 25.2 Å². The molecule has 1 aliphatic heterocycles. The summed E-state index contributed by atoms with van der Waals surface area (Å²) in [4.78, 5) is 38.6. The molecule has 32 heavy (non-hydrogen) atoms. The minimum absolute atomic E-state index is 0.0348. The van der Waals surface area contributed by atoms with E-state index >= 15 is 0 Å². The number of hydrogen-bond donors (Lipinski definition) is 3. The molecular formula is C23H22FN3O5. The molecule has 8 nitrogen and oxygen atoms in total. The fourth-order valence-corrected chi connectivity index (χ4v) is 2.99. The number of likely N-dealkylation sites (N-methyl/N-ethyl adjacent to an activating group) is 1. The van der Waals surface area contributed by atoms with Gasteiger partial charge in [-0.2, -0.15) is 0 Å². The van der Waals surface area contributed by atoms with Crippen molar-refractivity contribution in [2.24, 2.45) is 0 Å². The molecule has 3 rings (SSSR count). The van der Waals surface area contributed by atoms with Crippen LogP contribution in [0.5, 0.6) is 5.75 Å². The van der Waals surface area contributed by atoms with Crippen LogP contribution in [0.3, 0.4) is 0 Å². The summed E-state index contributed by atoms with van der Waals surface area (Å²) in [6.45, 7) is -0.159. The molecule has 0 aromatic heterocycles. The van der Waals surface area contributed by atoms with E-state index in [1.807, 2.05) is 0 Å². The van der Waals surface area contributed by atoms with Gasteiger partial charge in [0, 0.05) is 25.6 Å². The first kappa shape index (κ1) is 22.8. The van der Waals surface area contributed by atoms with Crippen LogP contribution in [0, 0.1) is 17.7 Å². The third-order valence-electron chi connectivity index (χ3n) is 4.70. The Kier molecular flexibility index (Phi) is 7.41. The lowest BCUT2D eigenvalue weighted by Gasteiger charge is -2.20. The highest BCUT2D eigenvalue weighted by molar-refractivity contribution is 6.35. The van der Waals surface area contributed by atoms with E-state index in [0.29, 0.717) is 29.0 Å². The zero-order valence-electron chi connectivity index (χ0n) is 17.4. The van der Waals surface area contributed by atoms with E-state index in [2.05, 4.69) is 22.5 Å². The zero-order chi connectivity index (χ0) is 23.1. The minimum atomic E-state index is -1.07. The Hall–Kier alpha value is -3.90. The fraction of sp³-hybridized carbons (Fsp3) is 0.261. The first-order valence-electron chi connectivity index (χ1n) is 9.86. The summed E-state index contributed by atoms with van der Waals surface area (Å²) in [5.74, 6) is 3.38. The summed E-state index contributed by atoms with van der Waals surface area (Å²) in [5.41, 5.74) is 1.74. The van der Waals surface area contributed by atoms with E-state index in [1.165, 1.54) is 36.2 Å². The molecular weight excluding hydrogens is 417 g/mol. The quantitative estimate of drug-likeness (QED) is 0.481. The lowest BCUT2D eigenvalue weighted by atomic mass is 10.1. The average Bonchev–Trinajstić information content (AvgIpc) is 2.91. The SMILES string of the molecule is CN1C(=O)[C@@H](NC(=O)C(=O)NCc2ccc(F)cc2)COc2ccc(C#CCCO)cc21. The molecule has 2 aromatic carbocycles. The highest BCUT2D eigenvalue weighted by Gasteiger charge is 2.32. The maximum atomic E-state index is 13.0. The Morgan fingerprint density at radius 2 is 1.97 bits per heavy atom. The smallest absolute Gasteiger partial charge is 0.310 e. The monoisotopic (exact) mass is 439 g/mol. The molecule has 0 saturated heterocycles. The number of aliphatic hydroxyl groups excluding tert-OH is 1. The standard InChI is InChI=1S/C23H22FN3O5/c1-27-19-12-15(4-2-3-11-28)7-10-20(19)32-14-18(23(27)31)26-22(30)21(29)25-13-16-5-8-17(24)9-6-16/h5-10,12,18,28H,3,11,13-14H2,1H3,(H,25,29)(H,26,30)/t18-/m0/s1. The molecule has 0 unspecified atom stereocenters. The molecule has 2 aromatic rings. The summed E-state index contributed by atoms with van der Waals surface area (Å²) in [6, 6.07) is 9.48. The van der Waals surface area contributed by atoms with E-state index in [1.54, 1.807) is 18.2 Å². The molecule has 1 heterocycles. The Morgan fingerprint density at radius 3 is 2.69 bits per heavy atom. The molecule has 0 radical (unpaired) electrons. The Bertz CT molecular complexity index is 1080. The van der Waals surface area contributed by atoms with Crippen molar-refractivity contribution in [1.29, 1.82) is 0 Å². The molecule has 1 aliphatic rings. The van der Waals surface area contributed by atoms with Crippen LogP contribution in [0.1, 0.15) is 17.5 Å². The molecule has 0 spiro atoms. The van der Waals surface area contributed by atoms with Crippen LogP contribution < -0.4 is 20.3 Å². The van der Waals surface area contributed by atoms with Gasteiger partial charge in [0.15, 0.2) is 0 Å². The second-order valence-electron chi connectivity index (χ2n) is 7.00. The van der Waals surface area contributed by atoms with Gasteiger partial charge in [0.1, 0.15) is 24.2 Å². The number of carbonyl (C=O) groups is 3. The van der Waals surface area contributed by atoms with E-state index in [-0.39, 0.29) is 19.8 Å². The highest BCUT2D eigenvalue weighted by atomic mass is 19.1. The van der Waals surface area contributed by atoms with Crippen LogP contribution in [-0.4, -0.2) is 49.1 Å². The van der Waals surface area contributed by atoms with Gasteiger partial charge in [-0.15, -0.1) is 0 Å². The molecule has 1 atom stereocenters. The normalized spacial score (nSPS) is 14.9. The van der Waals surface area contributed by atoms with Gasteiger partial charge >= 0.3 is 11.8 Å². The van der Waals surface area contributed by atoms with Gasteiger partial charge in [-0.25, -0.2) is 4.39 Å². The van der Waals surface area contributed by atoms with E-state index in [4.69, 9.17) is 9.84 Å². The van der Waals surface area contributed by atoms with Crippen molar-refractivity contribution in [1.82, 2.24) is 10.6 Å². The molecule has 0 fully saturated rings. The summed E-state index contributed by atoms with van der Waals surface area (Å²) >= 11 is 0. The third kappa shape index (κ3) is 5.62. The lowest BCUT2D eigenvalue weighted by molar-refractivity contribution is -0.140. The number of anilines is 1. The molecule has 3 N–H and O–H groups in total. The second kappa shape index (κ2) is 10.4. The van der Waals surface area contributed by atoms with Gasteiger partial charge in [0.2, 0.25) is 0 Å². The Morgan fingerprint density at radius 1 is 1.22 bits per heavy atom. The van der Waals surface area contributed by atoms with Crippen LogP contribution in [0.2, 0.25) is 0 Å². The maximum absolute atomic E-state index is 13.0. The van der Waals surface area contributed by atoms with Crippen LogP contribution in [0.4, 0.5) is 10.1 Å². The number of nitrogens with zero attached hydrogens (tertiary/aromatic N) is 1. The van der Waals surface area contributed by atoms with Crippen molar-refractivity contribution in [2.45, 2.75) is 19.0 Å². The van der Waals surface area contributed by atoms with E-state index in [9.17, 15) is 18.8 Å². The summed E-state index contributed by atoms with van der Waals surface area (Å²) < 4.78 is 18.6. The number of nitrogens with one attached hydrogen (secondary N) is 2. The highest BCUT2D eigenvalue weighted by Crippen LogP contribution is 2.31. The van der Waals surface area contributed by atoms with Crippen LogP contribution in [0.15, 0.2) is 42.5 Å². The first-order chi connectivity index (χ1) is 15.4. The first-order valence-corrected chi connectivity index (χ1v) is 9.86. The van der Waals surface area contributed by atoms with Gasteiger partial charge in [0.25, 0.3) is 5.91 Å².